The number of aromatic hydroxyl groups is 3. The second-order valence-electron chi connectivity index (χ2n) is 5.04. The van der Waals surface area contributed by atoms with E-state index in [9.17, 15) is 25.5 Å². The molecule has 21 heavy (non-hydrogen) atoms. The molecule has 0 aliphatic rings. The average Bonchev–Trinajstić information content (AvgIpc) is 2.43. The number of hydrogen-bond acceptors (Lipinski definition) is 5. The average molecular weight is 290 g/mol. The first-order valence-corrected chi connectivity index (χ1v) is 6.54. The Morgan fingerprint density at radius 3 is 1.95 bits per heavy atom. The summed E-state index contributed by atoms with van der Waals surface area (Å²) >= 11 is 0. The molecule has 0 bridgehead atoms. The minimum atomic E-state index is -1.20. The smallest absolute Gasteiger partial charge is 0.123 e. The van der Waals surface area contributed by atoms with Crippen molar-refractivity contribution in [3.05, 3.63) is 53.1 Å². The van der Waals surface area contributed by atoms with Crippen LogP contribution in [0.3, 0.4) is 0 Å². The zero-order chi connectivity index (χ0) is 15.6. The van der Waals surface area contributed by atoms with E-state index in [0.29, 0.717) is 11.1 Å². The second-order valence-corrected chi connectivity index (χ2v) is 5.04. The Balaban J connectivity index is 2.59. The van der Waals surface area contributed by atoms with Gasteiger partial charge in [-0.3, -0.25) is 0 Å². The predicted octanol–water partition coefficient (Wildman–Crippen LogP) is 1.60. The molecule has 0 radical (unpaired) electrons. The summed E-state index contributed by atoms with van der Waals surface area (Å²) in [6, 6.07) is 8.97. The van der Waals surface area contributed by atoms with Crippen molar-refractivity contribution in [1.82, 2.24) is 0 Å². The summed E-state index contributed by atoms with van der Waals surface area (Å²) in [6.07, 6.45) is -1.20. The van der Waals surface area contributed by atoms with E-state index in [1.54, 1.807) is 19.1 Å². The fourth-order valence-electron chi connectivity index (χ4n) is 2.45. The van der Waals surface area contributed by atoms with Crippen LogP contribution in [-0.4, -0.2) is 38.2 Å². The molecule has 0 saturated heterocycles. The number of aliphatic hydroxyl groups excluding tert-OH is 2. The lowest BCUT2D eigenvalue weighted by molar-refractivity contribution is 0.0810. The third-order valence-electron chi connectivity index (χ3n) is 3.42. The van der Waals surface area contributed by atoms with Gasteiger partial charge >= 0.3 is 0 Å². The van der Waals surface area contributed by atoms with Crippen molar-refractivity contribution >= 4 is 0 Å². The molecule has 0 heterocycles. The van der Waals surface area contributed by atoms with Gasteiger partial charge in [-0.1, -0.05) is 12.1 Å². The van der Waals surface area contributed by atoms with Crippen LogP contribution in [0.4, 0.5) is 0 Å². The molecule has 2 aromatic rings. The Morgan fingerprint density at radius 1 is 0.952 bits per heavy atom. The van der Waals surface area contributed by atoms with Gasteiger partial charge in [-0.15, -0.1) is 0 Å². The van der Waals surface area contributed by atoms with Crippen LogP contribution in [-0.2, 0) is 0 Å². The van der Waals surface area contributed by atoms with Crippen molar-refractivity contribution in [3.63, 3.8) is 0 Å². The van der Waals surface area contributed by atoms with Crippen LogP contribution in [0.2, 0.25) is 0 Å². The summed E-state index contributed by atoms with van der Waals surface area (Å²) < 4.78 is 0. The van der Waals surface area contributed by atoms with Gasteiger partial charge in [-0.2, -0.15) is 0 Å². The van der Waals surface area contributed by atoms with E-state index < -0.39 is 18.6 Å². The van der Waals surface area contributed by atoms with Crippen molar-refractivity contribution in [1.29, 1.82) is 0 Å². The topological polar surface area (TPSA) is 101 Å². The zero-order valence-corrected chi connectivity index (χ0v) is 11.6. The molecule has 2 rings (SSSR count). The third kappa shape index (κ3) is 3.09. The van der Waals surface area contributed by atoms with E-state index in [1.165, 1.54) is 24.3 Å². The van der Waals surface area contributed by atoms with E-state index in [2.05, 4.69) is 0 Å². The maximum absolute atomic E-state index is 10.1. The van der Waals surface area contributed by atoms with Crippen LogP contribution < -0.4 is 0 Å². The molecule has 0 fully saturated rings. The minimum absolute atomic E-state index is 0.0633. The molecule has 5 N–H and O–H groups in total. The number of phenols is 3. The molecule has 0 spiro atoms. The standard InChI is InChI=1S/C16H18O5/c1-9-6-12(19)16(13(20)7-9)15(14(21)8-17)10-2-4-11(18)5-3-10/h2-7,14-15,17-21H,8H2,1H3. The Morgan fingerprint density at radius 2 is 1.48 bits per heavy atom. The number of aliphatic hydroxyl groups is 2. The van der Waals surface area contributed by atoms with Gasteiger partial charge in [-0.25, -0.2) is 0 Å². The quantitative estimate of drug-likeness (QED) is 0.589. The first kappa shape index (κ1) is 15.2. The molecule has 0 aliphatic heterocycles. The summed E-state index contributed by atoms with van der Waals surface area (Å²) in [5, 5.41) is 48.9. The molecule has 5 heteroatoms. The fraction of sp³-hybridized carbons (Fsp3) is 0.250. The predicted molar refractivity (Wildman–Crippen MR) is 77.6 cm³/mol. The van der Waals surface area contributed by atoms with Crippen LogP contribution in [0.1, 0.15) is 22.6 Å². The molecule has 2 atom stereocenters. The number of hydrogen-bond donors (Lipinski definition) is 5. The highest BCUT2D eigenvalue weighted by atomic mass is 16.3. The monoisotopic (exact) mass is 290 g/mol. The Bertz CT molecular complexity index is 598. The molecule has 2 aromatic carbocycles. The summed E-state index contributed by atoms with van der Waals surface area (Å²) in [5.41, 5.74) is 1.38. The van der Waals surface area contributed by atoms with E-state index in [1.807, 2.05) is 0 Å². The van der Waals surface area contributed by atoms with Crippen LogP contribution in [0.15, 0.2) is 36.4 Å². The van der Waals surface area contributed by atoms with Crippen molar-refractivity contribution in [2.45, 2.75) is 18.9 Å². The molecular formula is C16H18O5. The van der Waals surface area contributed by atoms with Gasteiger partial charge in [0.25, 0.3) is 0 Å². The number of phenolic OH excluding ortho intramolecular Hbond substituents is 3. The lowest BCUT2D eigenvalue weighted by atomic mass is 9.85. The number of benzene rings is 2. The summed E-state index contributed by atoms with van der Waals surface area (Å²) in [5.74, 6) is -1.05. The van der Waals surface area contributed by atoms with Gasteiger partial charge in [0.15, 0.2) is 0 Å². The Labute approximate surface area is 122 Å². The number of aryl methyl sites for hydroxylation is 1. The highest BCUT2D eigenvalue weighted by molar-refractivity contribution is 5.52. The van der Waals surface area contributed by atoms with Crippen molar-refractivity contribution < 1.29 is 25.5 Å². The molecule has 112 valence electrons. The van der Waals surface area contributed by atoms with Gasteiger partial charge in [0.1, 0.15) is 17.2 Å². The fourth-order valence-corrected chi connectivity index (χ4v) is 2.45. The van der Waals surface area contributed by atoms with Crippen molar-refractivity contribution in [2.24, 2.45) is 0 Å². The minimum Gasteiger partial charge on any atom is -0.508 e. The van der Waals surface area contributed by atoms with E-state index >= 15 is 0 Å². The van der Waals surface area contributed by atoms with Crippen molar-refractivity contribution in [3.8, 4) is 17.2 Å². The van der Waals surface area contributed by atoms with Gasteiger partial charge in [0.2, 0.25) is 0 Å². The highest BCUT2D eigenvalue weighted by Crippen LogP contribution is 2.40. The van der Waals surface area contributed by atoms with Crippen LogP contribution in [0.25, 0.3) is 0 Å². The largest absolute Gasteiger partial charge is 0.508 e. The molecule has 0 amide bonds. The second kappa shape index (κ2) is 6.03. The lowest BCUT2D eigenvalue weighted by Crippen LogP contribution is -2.23. The molecule has 2 unspecified atom stereocenters. The zero-order valence-electron chi connectivity index (χ0n) is 11.6. The first-order chi connectivity index (χ1) is 9.93. The summed E-state index contributed by atoms with van der Waals surface area (Å²) in [7, 11) is 0. The van der Waals surface area contributed by atoms with Crippen LogP contribution in [0.5, 0.6) is 17.2 Å². The Hall–Kier alpha value is -2.24. The molecular weight excluding hydrogens is 272 g/mol. The summed E-state index contributed by atoms with van der Waals surface area (Å²) in [4.78, 5) is 0. The van der Waals surface area contributed by atoms with Crippen molar-refractivity contribution in [2.75, 3.05) is 6.61 Å². The maximum Gasteiger partial charge on any atom is 0.123 e. The molecule has 0 saturated carbocycles. The van der Waals surface area contributed by atoms with E-state index in [4.69, 9.17) is 0 Å². The number of rotatable bonds is 4. The van der Waals surface area contributed by atoms with Gasteiger partial charge in [-0.05, 0) is 42.3 Å². The van der Waals surface area contributed by atoms with Gasteiger partial charge in [0.05, 0.1) is 12.7 Å². The van der Waals surface area contributed by atoms with Crippen LogP contribution >= 0.6 is 0 Å². The molecule has 0 aromatic heterocycles. The lowest BCUT2D eigenvalue weighted by Gasteiger charge is -2.24. The van der Waals surface area contributed by atoms with Gasteiger partial charge < -0.3 is 25.5 Å². The van der Waals surface area contributed by atoms with Crippen LogP contribution in [0, 0.1) is 6.92 Å². The van der Waals surface area contributed by atoms with Gasteiger partial charge in [0, 0.05) is 11.5 Å². The molecule has 0 aliphatic carbocycles. The SMILES string of the molecule is Cc1cc(O)c(C(c2ccc(O)cc2)C(O)CO)c(O)c1. The normalized spacial score (nSPS) is 13.9. The molecule has 5 nitrogen and oxygen atoms in total. The Kier molecular flexibility index (Phi) is 4.35. The third-order valence-corrected chi connectivity index (χ3v) is 3.42. The maximum atomic E-state index is 10.1. The highest BCUT2D eigenvalue weighted by Gasteiger charge is 2.28. The van der Waals surface area contributed by atoms with E-state index in [-0.39, 0.29) is 22.8 Å². The first-order valence-electron chi connectivity index (χ1n) is 6.54. The summed E-state index contributed by atoms with van der Waals surface area (Å²) in [6.45, 7) is 1.19. The van der Waals surface area contributed by atoms with E-state index in [0.717, 1.165) is 0 Å².